The molecule has 146 valence electrons. The zero-order valence-electron chi connectivity index (χ0n) is 14.4. The molecular weight excluding hydrogens is 382 g/mol. The van der Waals surface area contributed by atoms with Crippen LogP contribution in [0, 0.1) is 23.3 Å². The van der Waals surface area contributed by atoms with E-state index in [1.54, 1.807) is 11.4 Å². The molecule has 0 aliphatic heterocycles. The molecule has 1 heterocycles. The molecular formula is C18H13F4N3O3. The quantitative estimate of drug-likeness (QED) is 0.392. The van der Waals surface area contributed by atoms with Gasteiger partial charge in [-0.15, -0.1) is 0 Å². The third-order valence-corrected chi connectivity index (χ3v) is 3.93. The molecule has 10 heteroatoms. The lowest BCUT2D eigenvalue weighted by Crippen LogP contribution is -2.33. The van der Waals surface area contributed by atoms with Crippen LogP contribution in [0.15, 0.2) is 30.6 Å². The highest BCUT2D eigenvalue weighted by molar-refractivity contribution is 5.98. The number of H-pyrrole nitrogens is 1. The van der Waals surface area contributed by atoms with Crippen molar-refractivity contribution in [2.45, 2.75) is 19.4 Å². The molecule has 3 rings (SSSR count). The number of aromatic amines is 1. The number of amides is 1. The van der Waals surface area contributed by atoms with Gasteiger partial charge in [0.1, 0.15) is 5.69 Å². The van der Waals surface area contributed by atoms with Crippen LogP contribution in [-0.2, 0) is 9.53 Å². The van der Waals surface area contributed by atoms with Crippen LogP contribution in [0.1, 0.15) is 23.7 Å². The first-order valence-corrected chi connectivity index (χ1v) is 8.09. The highest BCUT2D eigenvalue weighted by Crippen LogP contribution is 2.24. The summed E-state index contributed by atoms with van der Waals surface area (Å²) >= 11 is 0. The summed E-state index contributed by atoms with van der Waals surface area (Å²) in [6.45, 7) is 1.48. The van der Waals surface area contributed by atoms with Crippen molar-refractivity contribution in [3.63, 3.8) is 0 Å². The molecule has 0 aliphatic carbocycles. The van der Waals surface area contributed by atoms with Gasteiger partial charge < -0.3 is 15.0 Å². The Morgan fingerprint density at radius 3 is 2.46 bits per heavy atom. The molecule has 0 aliphatic rings. The molecule has 3 aromatic rings. The van der Waals surface area contributed by atoms with E-state index in [4.69, 9.17) is 4.74 Å². The summed E-state index contributed by atoms with van der Waals surface area (Å²) in [5, 5.41) is 1.73. The van der Waals surface area contributed by atoms with E-state index in [0.29, 0.717) is 11.0 Å². The third kappa shape index (κ3) is 3.66. The van der Waals surface area contributed by atoms with Crippen molar-refractivity contribution in [1.29, 1.82) is 0 Å². The van der Waals surface area contributed by atoms with Gasteiger partial charge in [-0.05, 0) is 24.6 Å². The van der Waals surface area contributed by atoms with Gasteiger partial charge in [0.05, 0.1) is 22.9 Å². The lowest BCUT2D eigenvalue weighted by Gasteiger charge is -2.17. The van der Waals surface area contributed by atoms with E-state index in [9.17, 15) is 27.2 Å². The van der Waals surface area contributed by atoms with Crippen molar-refractivity contribution < 1.29 is 31.9 Å². The normalized spacial score (nSPS) is 12.0. The number of anilines is 1. The molecule has 0 saturated heterocycles. The Hall–Kier alpha value is -3.43. The molecule has 1 amide bonds. The molecule has 6 nitrogen and oxygen atoms in total. The fourth-order valence-electron chi connectivity index (χ4n) is 2.47. The fraction of sp³-hybridized carbons (Fsp3) is 0.167. The molecule has 0 fully saturated rings. The zero-order chi connectivity index (χ0) is 20.4. The minimum atomic E-state index is -1.77. The summed E-state index contributed by atoms with van der Waals surface area (Å²) in [6.07, 6.45) is -0.0659. The van der Waals surface area contributed by atoms with Crippen molar-refractivity contribution in [1.82, 2.24) is 9.97 Å². The lowest BCUT2D eigenvalue weighted by molar-refractivity contribution is -0.124. The maximum Gasteiger partial charge on any atom is 0.338 e. The Balaban J connectivity index is 1.78. The topological polar surface area (TPSA) is 84.1 Å². The van der Waals surface area contributed by atoms with Crippen LogP contribution in [0.5, 0.6) is 0 Å². The lowest BCUT2D eigenvalue weighted by atomic mass is 10.2. The number of carbonyl (C=O) groups excluding carboxylic acids is 2. The summed E-state index contributed by atoms with van der Waals surface area (Å²) in [4.78, 5) is 31.3. The Morgan fingerprint density at radius 1 is 1.14 bits per heavy atom. The van der Waals surface area contributed by atoms with E-state index < -0.39 is 46.9 Å². The minimum Gasteiger partial charge on any atom is -0.449 e. The van der Waals surface area contributed by atoms with Gasteiger partial charge in [0.2, 0.25) is 0 Å². The van der Waals surface area contributed by atoms with Crippen LogP contribution < -0.4 is 5.32 Å². The SMILES string of the molecule is CCC(OC(=O)c1ccc2nc[nH]c2c1)C(=O)Nc1c(F)c(F)cc(F)c1F. The van der Waals surface area contributed by atoms with Gasteiger partial charge in [-0.1, -0.05) is 6.92 Å². The van der Waals surface area contributed by atoms with Crippen LogP contribution in [0.4, 0.5) is 23.2 Å². The molecule has 0 bridgehead atoms. The van der Waals surface area contributed by atoms with Crippen molar-refractivity contribution in [2.24, 2.45) is 0 Å². The van der Waals surface area contributed by atoms with Gasteiger partial charge in [-0.25, -0.2) is 27.3 Å². The number of aromatic nitrogens is 2. The monoisotopic (exact) mass is 395 g/mol. The summed E-state index contributed by atoms with van der Waals surface area (Å²) < 4.78 is 59.0. The van der Waals surface area contributed by atoms with E-state index in [-0.39, 0.29) is 18.1 Å². The zero-order valence-corrected chi connectivity index (χ0v) is 14.4. The number of fused-ring (bicyclic) bond motifs is 1. The summed E-state index contributed by atoms with van der Waals surface area (Å²) in [6, 6.07) is 4.46. The maximum atomic E-state index is 13.7. The van der Waals surface area contributed by atoms with Crippen molar-refractivity contribution in [3.05, 3.63) is 59.4 Å². The van der Waals surface area contributed by atoms with Gasteiger partial charge in [-0.2, -0.15) is 0 Å². The summed E-state index contributed by atoms with van der Waals surface area (Å²) in [5.41, 5.74) is -0.0141. The Morgan fingerprint density at radius 2 is 1.82 bits per heavy atom. The Bertz CT molecular complexity index is 1040. The first kappa shape index (κ1) is 19.3. The van der Waals surface area contributed by atoms with E-state index in [1.165, 1.54) is 25.4 Å². The minimum absolute atomic E-state index is 0.0171. The van der Waals surface area contributed by atoms with E-state index >= 15 is 0 Å². The number of hydrogen-bond acceptors (Lipinski definition) is 4. The summed E-state index contributed by atoms with van der Waals surface area (Å²) in [5.74, 6) is -8.89. The molecule has 2 N–H and O–H groups in total. The average molecular weight is 395 g/mol. The molecule has 0 spiro atoms. The van der Waals surface area contributed by atoms with Crippen molar-refractivity contribution in [3.8, 4) is 0 Å². The van der Waals surface area contributed by atoms with Gasteiger partial charge in [0.25, 0.3) is 5.91 Å². The number of esters is 1. The molecule has 0 saturated carbocycles. The van der Waals surface area contributed by atoms with Crippen LogP contribution in [0.3, 0.4) is 0 Å². The van der Waals surface area contributed by atoms with Crippen molar-refractivity contribution in [2.75, 3.05) is 5.32 Å². The number of halogens is 4. The molecule has 1 aromatic heterocycles. The molecule has 2 aromatic carbocycles. The Labute approximate surface area is 155 Å². The second kappa shape index (κ2) is 7.67. The summed E-state index contributed by atoms with van der Waals surface area (Å²) in [7, 11) is 0. The highest BCUT2D eigenvalue weighted by atomic mass is 19.2. The molecule has 0 radical (unpaired) electrons. The number of carbonyl (C=O) groups is 2. The van der Waals surface area contributed by atoms with E-state index in [1.807, 2.05) is 0 Å². The Kier molecular flexibility index (Phi) is 5.30. The van der Waals surface area contributed by atoms with Crippen molar-refractivity contribution >= 4 is 28.6 Å². The molecule has 1 atom stereocenters. The largest absolute Gasteiger partial charge is 0.449 e. The standard InChI is InChI=1S/C18H13F4N3O3/c1-2-13(17(26)25-16-14(21)9(19)6-10(20)15(16)22)28-18(27)8-3-4-11-12(5-8)24-7-23-11/h3-7,13H,2H2,1H3,(H,23,24)(H,25,26). The molecule has 28 heavy (non-hydrogen) atoms. The number of rotatable bonds is 5. The number of hydrogen-bond donors (Lipinski definition) is 2. The van der Waals surface area contributed by atoms with Crippen LogP contribution in [0.25, 0.3) is 11.0 Å². The third-order valence-electron chi connectivity index (χ3n) is 3.93. The van der Waals surface area contributed by atoms with Crippen LogP contribution in [-0.4, -0.2) is 27.9 Å². The van der Waals surface area contributed by atoms with Crippen LogP contribution >= 0.6 is 0 Å². The number of ether oxygens (including phenoxy) is 1. The van der Waals surface area contributed by atoms with Gasteiger partial charge in [0.15, 0.2) is 29.4 Å². The first-order valence-electron chi connectivity index (χ1n) is 8.09. The van der Waals surface area contributed by atoms with Gasteiger partial charge in [0, 0.05) is 6.07 Å². The average Bonchev–Trinajstić information content (AvgIpc) is 3.15. The first-order chi connectivity index (χ1) is 13.3. The van der Waals surface area contributed by atoms with Gasteiger partial charge in [-0.3, -0.25) is 4.79 Å². The predicted octanol–water partition coefficient (Wildman–Crippen LogP) is 3.69. The smallest absolute Gasteiger partial charge is 0.338 e. The second-order valence-corrected chi connectivity index (χ2v) is 5.77. The van der Waals surface area contributed by atoms with E-state index in [0.717, 1.165) is 0 Å². The highest BCUT2D eigenvalue weighted by Gasteiger charge is 2.27. The maximum absolute atomic E-state index is 13.7. The fourth-order valence-corrected chi connectivity index (χ4v) is 2.47. The van der Waals surface area contributed by atoms with E-state index in [2.05, 4.69) is 9.97 Å². The number of nitrogens with one attached hydrogen (secondary N) is 2. The second-order valence-electron chi connectivity index (χ2n) is 5.77. The molecule has 1 unspecified atom stereocenters. The predicted molar refractivity (Wildman–Crippen MR) is 90.5 cm³/mol. The number of benzene rings is 2. The van der Waals surface area contributed by atoms with Gasteiger partial charge >= 0.3 is 5.97 Å². The number of imidazole rings is 1. The number of nitrogens with zero attached hydrogens (tertiary/aromatic N) is 1. The van der Waals surface area contributed by atoms with Crippen LogP contribution in [0.2, 0.25) is 0 Å².